The molecule has 0 fully saturated rings. The summed E-state index contributed by atoms with van der Waals surface area (Å²) in [5.74, 6) is -0.672. The van der Waals surface area contributed by atoms with E-state index in [-0.39, 0.29) is 16.5 Å². The van der Waals surface area contributed by atoms with E-state index in [1.54, 1.807) is 6.20 Å². The predicted octanol–water partition coefficient (Wildman–Crippen LogP) is 1.24. The molecule has 0 amide bonds. The van der Waals surface area contributed by atoms with E-state index in [2.05, 4.69) is 9.82 Å². The lowest BCUT2D eigenvalue weighted by atomic mass is 10.3. The Morgan fingerprint density at radius 1 is 1.45 bits per heavy atom. The third-order valence-electron chi connectivity index (χ3n) is 2.47. The molecule has 0 aliphatic carbocycles. The minimum Gasteiger partial charge on any atom is -0.396 e. The first-order valence-electron chi connectivity index (χ1n) is 5.61. The van der Waals surface area contributed by atoms with Crippen LogP contribution in [0.3, 0.4) is 0 Å². The highest BCUT2D eigenvalue weighted by Crippen LogP contribution is 2.21. The second-order valence-corrected chi connectivity index (χ2v) is 6.15. The predicted molar refractivity (Wildman–Crippen MR) is 73.2 cm³/mol. The second-order valence-electron chi connectivity index (χ2n) is 4.01. The molecule has 0 bridgehead atoms. The Balaban J connectivity index is 2.06. The molecule has 0 unspecified atom stereocenters. The Hall–Kier alpha value is -1.64. The van der Waals surface area contributed by atoms with Gasteiger partial charge in [-0.25, -0.2) is 17.5 Å². The van der Waals surface area contributed by atoms with Crippen LogP contribution in [-0.2, 0) is 16.6 Å². The van der Waals surface area contributed by atoms with Crippen LogP contribution in [-0.4, -0.2) is 24.7 Å². The summed E-state index contributed by atoms with van der Waals surface area (Å²) in [6.07, 6.45) is 3.03. The van der Waals surface area contributed by atoms with Crippen LogP contribution in [0.25, 0.3) is 0 Å². The maximum Gasteiger partial charge on any atom is 0.242 e. The van der Waals surface area contributed by atoms with Gasteiger partial charge in [0, 0.05) is 12.7 Å². The van der Waals surface area contributed by atoms with Crippen LogP contribution in [0.15, 0.2) is 35.5 Å². The molecule has 1 aromatic heterocycles. The van der Waals surface area contributed by atoms with Gasteiger partial charge in [-0.2, -0.15) is 5.10 Å². The second kappa shape index (κ2) is 5.78. The van der Waals surface area contributed by atoms with Gasteiger partial charge in [0.25, 0.3) is 0 Å². The summed E-state index contributed by atoms with van der Waals surface area (Å²) in [5, 5.41) is 3.87. The van der Waals surface area contributed by atoms with Crippen LogP contribution in [0.5, 0.6) is 0 Å². The summed E-state index contributed by atoms with van der Waals surface area (Å²) in [6, 6.07) is 3.16. The first-order valence-corrected chi connectivity index (χ1v) is 7.47. The zero-order valence-electron chi connectivity index (χ0n) is 10.3. The molecule has 3 N–H and O–H groups in total. The van der Waals surface area contributed by atoms with Crippen LogP contribution in [0, 0.1) is 5.82 Å². The number of anilines is 1. The lowest BCUT2D eigenvalue weighted by Crippen LogP contribution is -2.28. The van der Waals surface area contributed by atoms with E-state index in [0.29, 0.717) is 12.2 Å². The third-order valence-corrected chi connectivity index (χ3v) is 4.41. The number of hydrogen-bond acceptors (Lipinski definition) is 4. The zero-order chi connectivity index (χ0) is 14.8. The summed E-state index contributed by atoms with van der Waals surface area (Å²) < 4.78 is 40.9. The number of nitrogens with one attached hydrogen (secondary N) is 1. The fourth-order valence-electron chi connectivity index (χ4n) is 1.56. The summed E-state index contributed by atoms with van der Waals surface area (Å²) in [5.41, 5.74) is 5.97. The van der Waals surface area contributed by atoms with Gasteiger partial charge in [-0.05, 0) is 18.2 Å². The Morgan fingerprint density at radius 2 is 2.20 bits per heavy atom. The summed E-state index contributed by atoms with van der Waals surface area (Å²) in [4.78, 5) is -0.292. The van der Waals surface area contributed by atoms with Gasteiger partial charge in [-0.3, -0.25) is 4.68 Å². The molecule has 1 aromatic carbocycles. The fraction of sp³-hybridized carbons (Fsp3) is 0.182. The van der Waals surface area contributed by atoms with E-state index in [1.165, 1.54) is 16.9 Å². The van der Waals surface area contributed by atoms with Crippen molar-refractivity contribution in [1.82, 2.24) is 14.5 Å². The van der Waals surface area contributed by atoms with Crippen molar-refractivity contribution < 1.29 is 12.8 Å². The largest absolute Gasteiger partial charge is 0.396 e. The average molecular weight is 319 g/mol. The number of rotatable bonds is 5. The van der Waals surface area contributed by atoms with Gasteiger partial charge in [0.1, 0.15) is 10.7 Å². The van der Waals surface area contributed by atoms with Crippen molar-refractivity contribution in [3.05, 3.63) is 41.4 Å². The summed E-state index contributed by atoms with van der Waals surface area (Å²) in [7, 11) is -3.87. The van der Waals surface area contributed by atoms with Crippen molar-refractivity contribution >= 4 is 27.3 Å². The van der Waals surface area contributed by atoms with E-state index in [0.717, 1.165) is 12.1 Å². The molecule has 9 heteroatoms. The molecule has 0 radical (unpaired) electrons. The fourth-order valence-corrected chi connectivity index (χ4v) is 3.09. The molecule has 20 heavy (non-hydrogen) atoms. The number of nitrogen functional groups attached to an aromatic ring is 1. The monoisotopic (exact) mass is 318 g/mol. The Bertz CT molecular complexity index is 717. The summed E-state index contributed by atoms with van der Waals surface area (Å²) in [6.45, 7) is 0.375. The van der Waals surface area contributed by atoms with E-state index >= 15 is 0 Å². The average Bonchev–Trinajstić information content (AvgIpc) is 2.78. The number of benzene rings is 1. The maximum absolute atomic E-state index is 13.1. The molecule has 0 saturated heterocycles. The van der Waals surface area contributed by atoms with Gasteiger partial charge >= 0.3 is 0 Å². The minimum absolute atomic E-state index is 0.0396. The van der Waals surface area contributed by atoms with Crippen molar-refractivity contribution in [2.75, 3.05) is 12.3 Å². The zero-order valence-corrected chi connectivity index (χ0v) is 11.8. The molecule has 6 nitrogen and oxygen atoms in total. The number of halogens is 2. The number of nitrogens with two attached hydrogens (primary N) is 1. The standard InChI is InChI=1S/C11H12ClFN4O2S/c12-10-2-1-8(13)5-11(10)20(18,19)16-3-4-17-7-9(14)6-15-17/h1-2,5-7,16H,3-4,14H2. The first-order chi connectivity index (χ1) is 9.38. The van der Waals surface area contributed by atoms with Crippen molar-refractivity contribution in [2.45, 2.75) is 11.4 Å². The van der Waals surface area contributed by atoms with Gasteiger partial charge in [0.05, 0.1) is 23.5 Å². The normalized spacial score (nSPS) is 11.7. The highest BCUT2D eigenvalue weighted by atomic mass is 35.5. The first kappa shape index (κ1) is 14.8. The number of sulfonamides is 1. The SMILES string of the molecule is Nc1cnn(CCNS(=O)(=O)c2cc(F)ccc2Cl)c1. The molecule has 1 heterocycles. The minimum atomic E-state index is -3.87. The van der Waals surface area contributed by atoms with Crippen molar-refractivity contribution in [1.29, 1.82) is 0 Å². The van der Waals surface area contributed by atoms with Crippen LogP contribution >= 0.6 is 11.6 Å². The molecule has 0 saturated carbocycles. The number of hydrogen-bond donors (Lipinski definition) is 2. The molecule has 2 aromatic rings. The number of nitrogens with zero attached hydrogens (tertiary/aromatic N) is 2. The Morgan fingerprint density at radius 3 is 2.85 bits per heavy atom. The molecule has 108 valence electrons. The Labute approximate surface area is 120 Å². The summed E-state index contributed by atoms with van der Waals surface area (Å²) >= 11 is 5.76. The molecular formula is C11H12ClFN4O2S. The van der Waals surface area contributed by atoms with Gasteiger partial charge in [-0.1, -0.05) is 11.6 Å². The highest BCUT2D eigenvalue weighted by molar-refractivity contribution is 7.89. The van der Waals surface area contributed by atoms with Crippen LogP contribution in [0.4, 0.5) is 10.1 Å². The van der Waals surface area contributed by atoms with Gasteiger partial charge in [-0.15, -0.1) is 0 Å². The Kier molecular flexibility index (Phi) is 4.26. The van der Waals surface area contributed by atoms with Gasteiger partial charge in [0.15, 0.2) is 0 Å². The molecule has 0 aliphatic heterocycles. The molecule has 2 rings (SSSR count). The van der Waals surface area contributed by atoms with Crippen molar-refractivity contribution in [3.63, 3.8) is 0 Å². The van der Waals surface area contributed by atoms with E-state index in [9.17, 15) is 12.8 Å². The van der Waals surface area contributed by atoms with Crippen molar-refractivity contribution in [3.8, 4) is 0 Å². The smallest absolute Gasteiger partial charge is 0.242 e. The lowest BCUT2D eigenvalue weighted by molar-refractivity contribution is 0.559. The topological polar surface area (TPSA) is 90.0 Å². The highest BCUT2D eigenvalue weighted by Gasteiger charge is 2.18. The van der Waals surface area contributed by atoms with E-state index < -0.39 is 15.8 Å². The van der Waals surface area contributed by atoms with Gasteiger partial charge in [0.2, 0.25) is 10.0 Å². The van der Waals surface area contributed by atoms with Crippen LogP contribution < -0.4 is 10.5 Å². The molecule has 0 spiro atoms. The lowest BCUT2D eigenvalue weighted by Gasteiger charge is -2.08. The quantitative estimate of drug-likeness (QED) is 0.867. The number of aromatic nitrogens is 2. The van der Waals surface area contributed by atoms with E-state index in [1.807, 2.05) is 0 Å². The molecule has 0 atom stereocenters. The molecular weight excluding hydrogens is 307 g/mol. The van der Waals surface area contributed by atoms with Crippen LogP contribution in [0.2, 0.25) is 5.02 Å². The maximum atomic E-state index is 13.1. The molecule has 0 aliphatic rings. The van der Waals surface area contributed by atoms with Crippen LogP contribution in [0.1, 0.15) is 0 Å². The van der Waals surface area contributed by atoms with Crippen molar-refractivity contribution in [2.24, 2.45) is 0 Å². The van der Waals surface area contributed by atoms with Gasteiger partial charge < -0.3 is 5.73 Å². The third kappa shape index (κ3) is 3.47. The van der Waals surface area contributed by atoms with E-state index in [4.69, 9.17) is 17.3 Å².